The van der Waals surface area contributed by atoms with Crippen LogP contribution in [-0.2, 0) is 9.63 Å². The topological polar surface area (TPSA) is 94.9 Å². The maximum Gasteiger partial charge on any atom is 0.368 e. The van der Waals surface area contributed by atoms with Gasteiger partial charge in [-0.1, -0.05) is 35.5 Å². The molecule has 0 spiro atoms. The van der Waals surface area contributed by atoms with Crippen molar-refractivity contribution < 1.29 is 19.0 Å². The fourth-order valence-electron chi connectivity index (χ4n) is 2.69. The van der Waals surface area contributed by atoms with E-state index in [1.54, 1.807) is 30.3 Å². The van der Waals surface area contributed by atoms with Crippen molar-refractivity contribution in [2.75, 3.05) is 0 Å². The minimum atomic E-state index is -0.554. The van der Waals surface area contributed by atoms with Crippen molar-refractivity contribution in [1.29, 1.82) is 0 Å². The van der Waals surface area contributed by atoms with Crippen LogP contribution in [0.25, 0.3) is 17.4 Å². The van der Waals surface area contributed by atoms with Gasteiger partial charge in [0.1, 0.15) is 17.2 Å². The summed E-state index contributed by atoms with van der Waals surface area (Å²) in [6.45, 7) is 0. The van der Waals surface area contributed by atoms with E-state index in [1.165, 1.54) is 12.1 Å². The molecule has 1 aromatic heterocycles. The lowest BCUT2D eigenvalue weighted by molar-refractivity contribution is -0.384. The maximum atomic E-state index is 12.0. The van der Waals surface area contributed by atoms with E-state index < -0.39 is 10.9 Å². The van der Waals surface area contributed by atoms with Crippen LogP contribution in [-0.4, -0.2) is 16.6 Å². The van der Waals surface area contributed by atoms with Crippen molar-refractivity contribution in [3.05, 3.63) is 93.7 Å². The van der Waals surface area contributed by atoms with Crippen LogP contribution in [0.4, 0.5) is 5.69 Å². The van der Waals surface area contributed by atoms with Crippen LogP contribution in [0.2, 0.25) is 0 Å². The largest absolute Gasteiger partial charge is 0.457 e. The van der Waals surface area contributed by atoms with Gasteiger partial charge in [-0.3, -0.25) is 10.1 Å². The second-order valence-electron chi connectivity index (χ2n) is 5.75. The van der Waals surface area contributed by atoms with Gasteiger partial charge in [-0.2, -0.15) is 0 Å². The Morgan fingerprint density at radius 1 is 0.926 bits per heavy atom. The molecule has 7 nitrogen and oxygen atoms in total. The van der Waals surface area contributed by atoms with Gasteiger partial charge in [-0.05, 0) is 30.3 Å². The predicted molar refractivity (Wildman–Crippen MR) is 97.8 cm³/mol. The molecule has 0 fully saturated rings. The summed E-state index contributed by atoms with van der Waals surface area (Å²) >= 11 is 0. The maximum absolute atomic E-state index is 12.0. The summed E-state index contributed by atoms with van der Waals surface area (Å²) in [4.78, 5) is 27.1. The first-order chi connectivity index (χ1) is 13.1. The lowest BCUT2D eigenvalue weighted by Gasteiger charge is -1.99. The van der Waals surface area contributed by atoms with E-state index in [1.807, 2.05) is 30.3 Å². The highest BCUT2D eigenvalue weighted by molar-refractivity contribution is 6.31. The van der Waals surface area contributed by atoms with Crippen molar-refractivity contribution >= 4 is 23.4 Å². The number of nitro groups is 1. The van der Waals surface area contributed by atoms with Crippen LogP contribution in [0.5, 0.6) is 0 Å². The van der Waals surface area contributed by atoms with Gasteiger partial charge in [0.2, 0.25) is 0 Å². The zero-order valence-electron chi connectivity index (χ0n) is 13.9. The Balaban J connectivity index is 1.64. The average Bonchev–Trinajstić information content (AvgIpc) is 3.30. The monoisotopic (exact) mass is 360 g/mol. The lowest BCUT2D eigenvalue weighted by Crippen LogP contribution is -2.06. The number of benzene rings is 2. The van der Waals surface area contributed by atoms with Crippen LogP contribution >= 0.6 is 0 Å². The Kier molecular flexibility index (Phi) is 4.10. The molecule has 0 amide bonds. The van der Waals surface area contributed by atoms with Crippen molar-refractivity contribution in [3.8, 4) is 11.3 Å². The highest BCUT2D eigenvalue weighted by atomic mass is 16.7. The van der Waals surface area contributed by atoms with E-state index in [2.05, 4.69) is 5.16 Å². The Labute approximate surface area is 153 Å². The Bertz CT molecular complexity index is 1080. The van der Waals surface area contributed by atoms with E-state index in [0.717, 1.165) is 5.56 Å². The van der Waals surface area contributed by atoms with E-state index in [4.69, 9.17) is 9.25 Å². The van der Waals surface area contributed by atoms with Crippen LogP contribution in [0.15, 0.2) is 81.9 Å². The molecule has 0 unspecified atom stereocenters. The SMILES string of the molecule is O=C1ON=C(c2ccccc2)/C1=C/c1ccc(-c2ccc([N+](=O)[O-])cc2)o1. The minimum Gasteiger partial charge on any atom is -0.457 e. The van der Waals surface area contributed by atoms with Crippen LogP contribution in [0.1, 0.15) is 11.3 Å². The molecule has 0 N–H and O–H groups in total. The van der Waals surface area contributed by atoms with Gasteiger partial charge in [0.15, 0.2) is 0 Å². The fraction of sp³-hybridized carbons (Fsp3) is 0. The standard InChI is InChI=1S/C20H12N2O5/c23-20-17(19(21-27-20)14-4-2-1-3-5-14)12-16-10-11-18(26-16)13-6-8-15(9-7-13)22(24)25/h1-12H/b17-12-. The van der Waals surface area contributed by atoms with Crippen molar-refractivity contribution in [1.82, 2.24) is 0 Å². The summed E-state index contributed by atoms with van der Waals surface area (Å²) < 4.78 is 5.76. The van der Waals surface area contributed by atoms with Crippen LogP contribution in [0, 0.1) is 10.1 Å². The number of nitro benzene ring substituents is 1. The first-order valence-corrected chi connectivity index (χ1v) is 8.03. The molecule has 0 atom stereocenters. The zero-order chi connectivity index (χ0) is 18.8. The van der Waals surface area contributed by atoms with Gasteiger partial charge in [0.25, 0.3) is 5.69 Å². The van der Waals surface area contributed by atoms with Gasteiger partial charge in [-0.25, -0.2) is 4.79 Å². The summed E-state index contributed by atoms with van der Waals surface area (Å²) in [6, 6.07) is 18.7. The molecule has 27 heavy (non-hydrogen) atoms. The van der Waals surface area contributed by atoms with E-state index in [0.29, 0.717) is 28.4 Å². The van der Waals surface area contributed by atoms with Crippen molar-refractivity contribution in [2.45, 2.75) is 0 Å². The molecule has 2 aromatic carbocycles. The molecule has 4 rings (SSSR count). The van der Waals surface area contributed by atoms with Gasteiger partial charge in [-0.15, -0.1) is 0 Å². The van der Waals surface area contributed by atoms with Gasteiger partial charge < -0.3 is 9.25 Å². The Morgan fingerprint density at radius 3 is 2.37 bits per heavy atom. The number of hydrogen-bond acceptors (Lipinski definition) is 6. The predicted octanol–water partition coefficient (Wildman–Crippen LogP) is 4.20. The van der Waals surface area contributed by atoms with Crippen LogP contribution in [0.3, 0.4) is 0 Å². The second kappa shape index (κ2) is 6.72. The Hall–Kier alpha value is -4.00. The van der Waals surface area contributed by atoms with Gasteiger partial charge in [0.05, 0.1) is 10.5 Å². The van der Waals surface area contributed by atoms with E-state index >= 15 is 0 Å². The molecule has 0 aliphatic carbocycles. The van der Waals surface area contributed by atoms with Crippen LogP contribution < -0.4 is 0 Å². The lowest BCUT2D eigenvalue weighted by atomic mass is 10.0. The molecule has 2 heterocycles. The molecular formula is C20H12N2O5. The number of non-ortho nitro benzene ring substituents is 1. The van der Waals surface area contributed by atoms with Crippen molar-refractivity contribution in [2.24, 2.45) is 5.16 Å². The highest BCUT2D eigenvalue weighted by Gasteiger charge is 2.27. The summed E-state index contributed by atoms with van der Waals surface area (Å²) in [7, 11) is 0. The van der Waals surface area contributed by atoms with E-state index in [9.17, 15) is 14.9 Å². The molecule has 3 aromatic rings. The Morgan fingerprint density at radius 2 is 1.67 bits per heavy atom. The number of oxime groups is 1. The number of furan rings is 1. The van der Waals surface area contributed by atoms with Gasteiger partial charge in [0, 0.05) is 23.3 Å². The molecule has 1 aliphatic heterocycles. The van der Waals surface area contributed by atoms with Crippen molar-refractivity contribution in [3.63, 3.8) is 0 Å². The molecule has 132 valence electrons. The number of carbonyl (C=O) groups is 1. The molecule has 0 saturated heterocycles. The third-order valence-electron chi connectivity index (χ3n) is 4.02. The molecule has 0 radical (unpaired) electrons. The quantitative estimate of drug-likeness (QED) is 0.301. The smallest absolute Gasteiger partial charge is 0.368 e. The summed E-state index contributed by atoms with van der Waals surface area (Å²) in [6.07, 6.45) is 1.57. The number of rotatable bonds is 4. The first kappa shape index (κ1) is 16.5. The third kappa shape index (κ3) is 3.25. The third-order valence-corrected chi connectivity index (χ3v) is 4.02. The summed E-state index contributed by atoms with van der Waals surface area (Å²) in [5.41, 5.74) is 2.19. The molecular weight excluding hydrogens is 348 g/mol. The number of hydrogen-bond donors (Lipinski definition) is 0. The first-order valence-electron chi connectivity index (χ1n) is 8.03. The molecule has 0 saturated carbocycles. The van der Waals surface area contributed by atoms with Gasteiger partial charge >= 0.3 is 5.97 Å². The number of carbonyl (C=O) groups excluding carboxylic acids is 1. The summed E-state index contributed by atoms with van der Waals surface area (Å²) in [5.74, 6) is 0.421. The summed E-state index contributed by atoms with van der Waals surface area (Å²) in [5, 5.41) is 14.6. The number of nitrogens with zero attached hydrogens (tertiary/aromatic N) is 2. The minimum absolute atomic E-state index is 0.00469. The highest BCUT2D eigenvalue weighted by Crippen LogP contribution is 2.27. The molecule has 1 aliphatic rings. The van der Waals surface area contributed by atoms with E-state index in [-0.39, 0.29) is 5.69 Å². The molecule has 7 heteroatoms. The zero-order valence-corrected chi connectivity index (χ0v) is 13.9. The second-order valence-corrected chi connectivity index (χ2v) is 5.75. The molecule has 0 bridgehead atoms. The normalized spacial score (nSPS) is 14.9. The average molecular weight is 360 g/mol. The fourth-order valence-corrected chi connectivity index (χ4v) is 2.69.